The maximum absolute atomic E-state index is 9.45. The molecule has 0 fully saturated rings. The van der Waals surface area contributed by atoms with E-state index in [-0.39, 0.29) is 0 Å². The van der Waals surface area contributed by atoms with Crippen LogP contribution in [0.4, 0.5) is 0 Å². The van der Waals surface area contributed by atoms with E-state index < -0.39 is 0 Å². The van der Waals surface area contributed by atoms with Gasteiger partial charge in [0.25, 0.3) is 0 Å². The fourth-order valence-corrected chi connectivity index (χ4v) is 3.82. The summed E-state index contributed by atoms with van der Waals surface area (Å²) in [4.78, 5) is 1.47. The molecule has 0 saturated heterocycles. The van der Waals surface area contributed by atoms with Gasteiger partial charge in [0.05, 0.1) is 31.0 Å². The van der Waals surface area contributed by atoms with Crippen molar-refractivity contribution in [1.82, 2.24) is 4.57 Å². The summed E-state index contributed by atoms with van der Waals surface area (Å²) in [6.07, 6.45) is 2.14. The van der Waals surface area contributed by atoms with Crippen molar-refractivity contribution in [2.75, 3.05) is 13.7 Å². The van der Waals surface area contributed by atoms with Crippen LogP contribution < -0.4 is 9.64 Å². The Balaban J connectivity index is 1.78. The minimum atomic E-state index is 0.584. The van der Waals surface area contributed by atoms with Crippen LogP contribution in [0.1, 0.15) is 36.2 Å². The van der Waals surface area contributed by atoms with Gasteiger partial charge in [0.15, 0.2) is 0 Å². The normalized spacial score (nSPS) is 12.0. The summed E-state index contributed by atoms with van der Waals surface area (Å²) in [6.45, 7) is 8.17. The molecule has 4 nitrogen and oxygen atoms in total. The summed E-state index contributed by atoms with van der Waals surface area (Å²) in [6, 6.07) is 22.8. The first-order valence-corrected chi connectivity index (χ1v) is 10.2. The highest BCUT2D eigenvalue weighted by atomic mass is 16.5. The first-order valence-electron chi connectivity index (χ1n) is 10.2. The molecule has 0 saturated carbocycles. The molecule has 0 aliphatic carbocycles. The Morgan fingerprint density at radius 3 is 2.62 bits per heavy atom. The van der Waals surface area contributed by atoms with Crippen LogP contribution in [0.25, 0.3) is 0 Å². The fraction of sp³-hybridized carbons (Fsp3) is 0.320. The van der Waals surface area contributed by atoms with Crippen molar-refractivity contribution >= 4 is 0 Å². The Labute approximate surface area is 174 Å². The highest BCUT2D eigenvalue weighted by molar-refractivity contribution is 5.36. The van der Waals surface area contributed by atoms with Crippen LogP contribution in [0.2, 0.25) is 0 Å². The van der Waals surface area contributed by atoms with Crippen LogP contribution in [0.15, 0.2) is 66.9 Å². The second-order valence-electron chi connectivity index (χ2n) is 7.95. The maximum Gasteiger partial charge on any atom is 0.119 e. The van der Waals surface area contributed by atoms with E-state index in [1.165, 1.54) is 16.2 Å². The number of hydrogen-bond donors (Lipinski definition) is 1. The van der Waals surface area contributed by atoms with Gasteiger partial charge in [-0.3, -0.25) is 0 Å². The molecule has 0 aliphatic heterocycles. The smallest absolute Gasteiger partial charge is 0.119 e. The van der Waals surface area contributed by atoms with Crippen molar-refractivity contribution in [2.45, 2.75) is 33.5 Å². The lowest BCUT2D eigenvalue weighted by molar-refractivity contribution is -0.930. The Morgan fingerprint density at radius 1 is 1.03 bits per heavy atom. The number of aromatic nitrogens is 1. The molecule has 3 rings (SSSR count). The van der Waals surface area contributed by atoms with E-state index in [1.807, 2.05) is 30.3 Å². The minimum absolute atomic E-state index is 0.584. The van der Waals surface area contributed by atoms with Crippen LogP contribution in [0.5, 0.6) is 5.75 Å². The molecular formula is C25H30N3O+. The van der Waals surface area contributed by atoms with E-state index in [0.29, 0.717) is 5.92 Å². The number of nitrogens with zero attached hydrogens (tertiary/aromatic N) is 2. The topological polar surface area (TPSA) is 42.4 Å². The molecule has 0 aliphatic rings. The van der Waals surface area contributed by atoms with Crippen LogP contribution in [-0.2, 0) is 19.6 Å². The van der Waals surface area contributed by atoms with Crippen LogP contribution >= 0.6 is 0 Å². The third-order valence-corrected chi connectivity index (χ3v) is 5.12. The average Bonchev–Trinajstić information content (AvgIpc) is 3.14. The summed E-state index contributed by atoms with van der Waals surface area (Å²) in [5.41, 5.74) is 4.43. The van der Waals surface area contributed by atoms with Crippen LogP contribution in [0.3, 0.4) is 0 Å². The van der Waals surface area contributed by atoms with E-state index in [2.05, 4.69) is 61.0 Å². The van der Waals surface area contributed by atoms with Gasteiger partial charge in [0, 0.05) is 24.2 Å². The molecule has 150 valence electrons. The molecule has 0 radical (unpaired) electrons. The Morgan fingerprint density at radius 2 is 1.86 bits per heavy atom. The van der Waals surface area contributed by atoms with Gasteiger partial charge in [-0.1, -0.05) is 44.2 Å². The number of methoxy groups -OCH3 is 1. The van der Waals surface area contributed by atoms with Crippen molar-refractivity contribution in [3.63, 3.8) is 0 Å². The number of nitrogens with one attached hydrogen (secondary N) is 1. The van der Waals surface area contributed by atoms with Crippen LogP contribution in [0, 0.1) is 17.2 Å². The van der Waals surface area contributed by atoms with Crippen molar-refractivity contribution in [3.8, 4) is 11.8 Å². The van der Waals surface area contributed by atoms with Gasteiger partial charge in [0.1, 0.15) is 18.8 Å². The molecule has 1 unspecified atom stereocenters. The molecule has 29 heavy (non-hydrogen) atoms. The highest BCUT2D eigenvalue weighted by Gasteiger charge is 2.17. The number of benzene rings is 2. The lowest BCUT2D eigenvalue weighted by Crippen LogP contribution is -3.10. The number of rotatable bonds is 9. The van der Waals surface area contributed by atoms with Gasteiger partial charge >= 0.3 is 0 Å². The van der Waals surface area contributed by atoms with E-state index in [4.69, 9.17) is 4.74 Å². The Hall–Kier alpha value is -3.03. The van der Waals surface area contributed by atoms with Crippen molar-refractivity contribution in [2.24, 2.45) is 5.92 Å². The van der Waals surface area contributed by atoms with E-state index in [1.54, 1.807) is 7.11 Å². The quantitative estimate of drug-likeness (QED) is 0.608. The molecule has 1 heterocycles. The minimum Gasteiger partial charge on any atom is -0.497 e. The van der Waals surface area contributed by atoms with E-state index >= 15 is 0 Å². The van der Waals surface area contributed by atoms with Crippen molar-refractivity contribution < 1.29 is 9.64 Å². The zero-order chi connectivity index (χ0) is 20.6. The summed E-state index contributed by atoms with van der Waals surface area (Å²) in [5, 5.41) is 9.45. The molecule has 1 aromatic heterocycles. The van der Waals surface area contributed by atoms with Crippen LogP contribution in [-0.4, -0.2) is 18.2 Å². The fourth-order valence-electron chi connectivity index (χ4n) is 3.82. The summed E-state index contributed by atoms with van der Waals surface area (Å²) < 4.78 is 7.67. The Kier molecular flexibility index (Phi) is 7.10. The molecule has 1 atom stereocenters. The van der Waals surface area contributed by atoms with Gasteiger partial charge in [0.2, 0.25) is 0 Å². The lowest BCUT2D eigenvalue weighted by Gasteiger charge is -2.23. The monoisotopic (exact) mass is 388 g/mol. The summed E-state index contributed by atoms with van der Waals surface area (Å²) in [5.74, 6) is 1.47. The molecule has 1 N–H and O–H groups in total. The zero-order valence-corrected chi connectivity index (χ0v) is 17.6. The first-order chi connectivity index (χ1) is 14.1. The van der Waals surface area contributed by atoms with Gasteiger partial charge in [-0.15, -0.1) is 0 Å². The summed E-state index contributed by atoms with van der Waals surface area (Å²) >= 11 is 0. The Bertz CT molecular complexity index is 968. The molecule has 0 amide bonds. The van der Waals surface area contributed by atoms with E-state index in [0.717, 1.165) is 43.1 Å². The third-order valence-electron chi connectivity index (χ3n) is 5.12. The predicted octanol–water partition coefficient (Wildman–Crippen LogP) is 3.66. The SMILES string of the molecule is COc1cccc(Cn2cccc2C[NH+](Cc2ccccc2C#N)CC(C)C)c1. The number of hydrogen-bond acceptors (Lipinski definition) is 2. The van der Waals surface area contributed by atoms with Gasteiger partial charge in [-0.2, -0.15) is 5.26 Å². The largest absolute Gasteiger partial charge is 0.497 e. The summed E-state index contributed by atoms with van der Waals surface area (Å²) in [7, 11) is 1.70. The molecule has 0 bridgehead atoms. The molecular weight excluding hydrogens is 358 g/mol. The second-order valence-corrected chi connectivity index (χ2v) is 7.95. The number of quaternary nitrogens is 1. The highest BCUT2D eigenvalue weighted by Crippen LogP contribution is 2.15. The van der Waals surface area contributed by atoms with Crippen molar-refractivity contribution in [1.29, 1.82) is 5.26 Å². The number of nitriles is 1. The first kappa shape index (κ1) is 20.7. The lowest BCUT2D eigenvalue weighted by atomic mass is 10.1. The van der Waals surface area contributed by atoms with Gasteiger partial charge in [-0.05, 0) is 35.9 Å². The van der Waals surface area contributed by atoms with Gasteiger partial charge in [-0.25, -0.2) is 0 Å². The molecule has 4 heteroatoms. The predicted molar refractivity (Wildman–Crippen MR) is 116 cm³/mol. The second kappa shape index (κ2) is 9.95. The van der Waals surface area contributed by atoms with E-state index in [9.17, 15) is 5.26 Å². The average molecular weight is 389 g/mol. The number of ether oxygens (including phenoxy) is 1. The van der Waals surface area contributed by atoms with Gasteiger partial charge < -0.3 is 14.2 Å². The van der Waals surface area contributed by atoms with Crippen molar-refractivity contribution in [3.05, 3.63) is 89.2 Å². The standard InChI is InChI=1S/C25H29N3O/c1-20(2)16-27(18-23-10-5-4-9-22(23)15-26)19-24-11-7-13-28(24)17-21-8-6-12-25(14-21)29-3/h4-14,20H,16-19H2,1-3H3/p+1. The maximum atomic E-state index is 9.45. The molecule has 2 aromatic carbocycles. The zero-order valence-electron chi connectivity index (χ0n) is 17.6. The molecule has 0 spiro atoms. The third kappa shape index (κ3) is 5.73. The molecule has 3 aromatic rings.